The van der Waals surface area contributed by atoms with Gasteiger partial charge >= 0.3 is 0 Å². The lowest BCUT2D eigenvalue weighted by Crippen LogP contribution is -2.27. The molecule has 1 aromatic rings. The molecule has 17 heavy (non-hydrogen) atoms. The number of carbonyl (C=O) groups excluding carboxylic acids is 1. The van der Waals surface area contributed by atoms with Gasteiger partial charge in [-0.3, -0.25) is 4.79 Å². The van der Waals surface area contributed by atoms with Crippen molar-refractivity contribution in [2.45, 2.75) is 19.4 Å². The third-order valence-corrected chi connectivity index (χ3v) is 3.04. The van der Waals surface area contributed by atoms with Gasteiger partial charge in [0.1, 0.15) is 0 Å². The Hall–Kier alpha value is -1.61. The molecule has 1 saturated heterocycles. The zero-order valence-corrected chi connectivity index (χ0v) is 9.97. The Balaban J connectivity index is 2.07. The fourth-order valence-electron chi connectivity index (χ4n) is 2.00. The largest absolute Gasteiger partial charge is 0.391 e. The van der Waals surface area contributed by atoms with Crippen LogP contribution in [0.4, 0.5) is 0 Å². The van der Waals surface area contributed by atoms with Gasteiger partial charge in [-0.25, -0.2) is 0 Å². The van der Waals surface area contributed by atoms with Crippen molar-refractivity contribution in [1.29, 1.82) is 0 Å². The standard InChI is InChI=1S/C14H17NO2/c1-11(12-5-3-2-4-6-12)9-14(17)15-8-7-13(16)10-15/h2-6,9,13,16H,7-8,10H2,1H3/b11-9-/t13-/m1/s1. The van der Waals surface area contributed by atoms with Gasteiger partial charge in [0.05, 0.1) is 6.10 Å². The molecule has 90 valence electrons. The summed E-state index contributed by atoms with van der Waals surface area (Å²) >= 11 is 0. The number of hydrogen-bond acceptors (Lipinski definition) is 2. The van der Waals surface area contributed by atoms with Crippen molar-refractivity contribution in [3.05, 3.63) is 42.0 Å². The normalized spacial score (nSPS) is 20.7. The summed E-state index contributed by atoms with van der Waals surface area (Å²) < 4.78 is 0. The van der Waals surface area contributed by atoms with Crippen LogP contribution in [-0.2, 0) is 4.79 Å². The van der Waals surface area contributed by atoms with Gasteiger partial charge in [-0.1, -0.05) is 30.3 Å². The molecule has 1 aromatic carbocycles. The average Bonchev–Trinajstić information content (AvgIpc) is 2.77. The van der Waals surface area contributed by atoms with Crippen LogP contribution in [0.1, 0.15) is 18.9 Å². The van der Waals surface area contributed by atoms with Crippen molar-refractivity contribution in [2.75, 3.05) is 13.1 Å². The van der Waals surface area contributed by atoms with Crippen LogP contribution in [0.2, 0.25) is 0 Å². The van der Waals surface area contributed by atoms with Gasteiger partial charge in [0.2, 0.25) is 5.91 Å². The number of aliphatic hydroxyl groups is 1. The number of allylic oxidation sites excluding steroid dienone is 1. The third-order valence-electron chi connectivity index (χ3n) is 3.04. The van der Waals surface area contributed by atoms with Crippen LogP contribution < -0.4 is 0 Å². The molecule has 2 rings (SSSR count). The lowest BCUT2D eigenvalue weighted by Gasteiger charge is -2.13. The summed E-state index contributed by atoms with van der Waals surface area (Å²) in [5, 5.41) is 9.39. The molecule has 0 bridgehead atoms. The number of amides is 1. The number of likely N-dealkylation sites (tertiary alicyclic amines) is 1. The van der Waals surface area contributed by atoms with E-state index < -0.39 is 0 Å². The van der Waals surface area contributed by atoms with Crippen molar-refractivity contribution >= 4 is 11.5 Å². The second-order valence-corrected chi connectivity index (χ2v) is 4.42. The summed E-state index contributed by atoms with van der Waals surface area (Å²) in [6, 6.07) is 9.83. The second kappa shape index (κ2) is 5.15. The zero-order chi connectivity index (χ0) is 12.3. The maximum atomic E-state index is 11.9. The molecule has 0 aromatic heterocycles. The smallest absolute Gasteiger partial charge is 0.246 e. The number of β-amino-alcohol motifs (C(OH)–C–C–N with tert-alkyl or cyclic N) is 1. The Morgan fingerprint density at radius 2 is 2.12 bits per heavy atom. The minimum Gasteiger partial charge on any atom is -0.391 e. The molecule has 1 heterocycles. The summed E-state index contributed by atoms with van der Waals surface area (Å²) in [4.78, 5) is 13.6. The van der Waals surface area contributed by atoms with Crippen LogP contribution in [0.25, 0.3) is 5.57 Å². The number of aliphatic hydroxyl groups excluding tert-OH is 1. The van der Waals surface area contributed by atoms with E-state index in [1.54, 1.807) is 11.0 Å². The summed E-state index contributed by atoms with van der Waals surface area (Å²) in [6.45, 7) is 3.04. The second-order valence-electron chi connectivity index (χ2n) is 4.42. The molecule has 3 heteroatoms. The van der Waals surface area contributed by atoms with Gasteiger partial charge in [0, 0.05) is 19.2 Å². The van der Waals surface area contributed by atoms with E-state index in [-0.39, 0.29) is 12.0 Å². The van der Waals surface area contributed by atoms with Gasteiger partial charge in [0.25, 0.3) is 0 Å². The van der Waals surface area contributed by atoms with E-state index in [1.165, 1.54) is 0 Å². The predicted octanol–water partition coefficient (Wildman–Crippen LogP) is 1.68. The van der Waals surface area contributed by atoms with Gasteiger partial charge < -0.3 is 10.0 Å². The Bertz CT molecular complexity index is 425. The van der Waals surface area contributed by atoms with Crippen LogP contribution in [-0.4, -0.2) is 35.1 Å². The fraction of sp³-hybridized carbons (Fsp3) is 0.357. The Labute approximate surface area is 101 Å². The van der Waals surface area contributed by atoms with Crippen LogP contribution in [0.15, 0.2) is 36.4 Å². The van der Waals surface area contributed by atoms with Gasteiger partial charge in [-0.15, -0.1) is 0 Å². The topological polar surface area (TPSA) is 40.5 Å². The molecule has 0 radical (unpaired) electrons. The molecule has 1 aliphatic heterocycles. The molecule has 0 spiro atoms. The number of rotatable bonds is 2. The molecule has 0 unspecified atom stereocenters. The van der Waals surface area contributed by atoms with E-state index in [1.807, 2.05) is 37.3 Å². The minimum absolute atomic E-state index is 0.0112. The van der Waals surface area contributed by atoms with Crippen LogP contribution in [0, 0.1) is 0 Å². The molecule has 3 nitrogen and oxygen atoms in total. The molecule has 1 N–H and O–H groups in total. The minimum atomic E-state index is -0.357. The molecule has 0 saturated carbocycles. The number of hydrogen-bond donors (Lipinski definition) is 1. The van der Waals surface area contributed by atoms with Gasteiger partial charge in [-0.05, 0) is 24.5 Å². The first-order valence-electron chi connectivity index (χ1n) is 5.87. The highest BCUT2D eigenvalue weighted by Crippen LogP contribution is 2.15. The van der Waals surface area contributed by atoms with Crippen molar-refractivity contribution in [2.24, 2.45) is 0 Å². The monoisotopic (exact) mass is 231 g/mol. The Morgan fingerprint density at radius 1 is 1.41 bits per heavy atom. The number of nitrogens with zero attached hydrogens (tertiary/aromatic N) is 1. The van der Waals surface area contributed by atoms with Gasteiger partial charge in [-0.2, -0.15) is 0 Å². The fourth-order valence-corrected chi connectivity index (χ4v) is 2.00. The highest BCUT2D eigenvalue weighted by molar-refractivity contribution is 5.95. The van der Waals surface area contributed by atoms with Crippen molar-refractivity contribution in [3.8, 4) is 0 Å². The van der Waals surface area contributed by atoms with E-state index in [2.05, 4.69) is 0 Å². The highest BCUT2D eigenvalue weighted by Gasteiger charge is 2.23. The maximum absolute atomic E-state index is 11.9. The quantitative estimate of drug-likeness (QED) is 0.787. The van der Waals surface area contributed by atoms with Crippen LogP contribution in [0.5, 0.6) is 0 Å². The molecular weight excluding hydrogens is 214 g/mol. The third kappa shape index (κ3) is 2.94. The molecule has 1 aliphatic rings. The van der Waals surface area contributed by atoms with Crippen LogP contribution in [0.3, 0.4) is 0 Å². The molecule has 0 aliphatic carbocycles. The Morgan fingerprint density at radius 3 is 2.71 bits per heavy atom. The van der Waals surface area contributed by atoms with E-state index in [0.29, 0.717) is 19.5 Å². The first-order chi connectivity index (χ1) is 8.16. The van der Waals surface area contributed by atoms with E-state index >= 15 is 0 Å². The highest BCUT2D eigenvalue weighted by atomic mass is 16.3. The Kier molecular flexibility index (Phi) is 3.59. The van der Waals surface area contributed by atoms with Crippen molar-refractivity contribution < 1.29 is 9.90 Å². The predicted molar refractivity (Wildman–Crippen MR) is 67.3 cm³/mol. The molecular formula is C14H17NO2. The lowest BCUT2D eigenvalue weighted by molar-refractivity contribution is -0.125. The molecule has 1 atom stereocenters. The molecule has 1 amide bonds. The summed E-state index contributed by atoms with van der Waals surface area (Å²) in [6.07, 6.45) is 1.97. The SMILES string of the molecule is C/C(=C/C(=O)N1CC[C@@H](O)C1)c1ccccc1. The maximum Gasteiger partial charge on any atom is 0.246 e. The molecule has 1 fully saturated rings. The van der Waals surface area contributed by atoms with Crippen molar-refractivity contribution in [1.82, 2.24) is 4.90 Å². The zero-order valence-electron chi connectivity index (χ0n) is 9.97. The summed E-state index contributed by atoms with van der Waals surface area (Å²) in [5.41, 5.74) is 2.01. The van der Waals surface area contributed by atoms with E-state index in [9.17, 15) is 9.90 Å². The number of benzene rings is 1. The number of carbonyl (C=O) groups is 1. The lowest BCUT2D eigenvalue weighted by atomic mass is 10.1. The first-order valence-corrected chi connectivity index (χ1v) is 5.87. The van der Waals surface area contributed by atoms with E-state index in [0.717, 1.165) is 11.1 Å². The summed E-state index contributed by atoms with van der Waals surface area (Å²) in [7, 11) is 0. The van der Waals surface area contributed by atoms with Gasteiger partial charge in [0.15, 0.2) is 0 Å². The van der Waals surface area contributed by atoms with Crippen molar-refractivity contribution in [3.63, 3.8) is 0 Å². The van der Waals surface area contributed by atoms with E-state index in [4.69, 9.17) is 0 Å². The summed E-state index contributed by atoms with van der Waals surface area (Å²) in [5.74, 6) is -0.0112. The first kappa shape index (κ1) is 11.9. The van der Waals surface area contributed by atoms with Crippen LogP contribution >= 0.6 is 0 Å². The average molecular weight is 231 g/mol.